The molecule has 11 nitrogen and oxygen atoms in total. The topological polar surface area (TPSA) is 178 Å². The number of hydrogen-bond donors (Lipinski definition) is 4. The van der Waals surface area contributed by atoms with Gasteiger partial charge in [-0.05, 0) is 42.8 Å². The molecule has 0 radical (unpaired) electrons. The molecule has 45 heavy (non-hydrogen) atoms. The Morgan fingerprint density at radius 2 is 1.40 bits per heavy atom. The van der Waals surface area contributed by atoms with Crippen molar-refractivity contribution in [2.75, 3.05) is 39.5 Å². The van der Waals surface area contributed by atoms with Gasteiger partial charge < -0.3 is 15.3 Å². The van der Waals surface area contributed by atoms with Crippen molar-refractivity contribution >= 4 is 54.1 Å². The standard InChI is InChI=1S/C26H16N2O5S2.C6H15NO3/c1-13-6-9-20-24(25(13)35(31,32)33)34-26(28-20)15-8-10-18-14(12-15)7-11-19(27-18)21-22(29)16-4-2-3-5-17(16)23(21)30;8-4-1-7(2-5-9)3-6-10/h2-12,21H,1H3,(H,31,32,33);8-10H,1-6H2. The van der Waals surface area contributed by atoms with Crippen LogP contribution in [0.4, 0.5) is 0 Å². The van der Waals surface area contributed by atoms with E-state index in [0.29, 0.717) is 62.8 Å². The van der Waals surface area contributed by atoms with Gasteiger partial charge in [-0.25, -0.2) is 4.98 Å². The van der Waals surface area contributed by atoms with E-state index in [-0.39, 0.29) is 36.3 Å². The molecule has 2 aromatic heterocycles. The molecule has 4 N–H and O–H groups in total. The molecule has 2 heterocycles. The Morgan fingerprint density at radius 3 is 1.98 bits per heavy atom. The Kier molecular flexibility index (Phi) is 9.79. The maximum atomic E-state index is 12.9. The lowest BCUT2D eigenvalue weighted by Gasteiger charge is -2.17. The van der Waals surface area contributed by atoms with E-state index in [1.807, 2.05) is 18.2 Å². The molecule has 0 unspecified atom stereocenters. The second kappa shape index (κ2) is 13.6. The van der Waals surface area contributed by atoms with Gasteiger partial charge in [-0.15, -0.1) is 11.3 Å². The monoisotopic (exact) mass is 649 g/mol. The number of nitrogens with zero attached hydrogens (tertiary/aromatic N) is 3. The molecule has 0 atom stereocenters. The molecule has 13 heteroatoms. The van der Waals surface area contributed by atoms with Crippen molar-refractivity contribution in [3.05, 3.63) is 89.1 Å². The summed E-state index contributed by atoms with van der Waals surface area (Å²) in [5.74, 6) is -1.43. The maximum absolute atomic E-state index is 12.9. The minimum atomic E-state index is -4.40. The van der Waals surface area contributed by atoms with Gasteiger partial charge in [0.05, 0.1) is 41.2 Å². The maximum Gasteiger partial charge on any atom is 0.296 e. The second-order valence-corrected chi connectivity index (χ2v) is 12.8. The first-order valence-electron chi connectivity index (χ1n) is 14.1. The number of carbonyl (C=O) groups is 2. The molecule has 0 fully saturated rings. The Morgan fingerprint density at radius 1 is 0.800 bits per heavy atom. The molecule has 1 aliphatic rings. The number of pyridine rings is 1. The van der Waals surface area contributed by atoms with Crippen LogP contribution in [0.15, 0.2) is 71.6 Å². The Hall–Kier alpha value is -3.95. The van der Waals surface area contributed by atoms with Crippen molar-refractivity contribution in [1.29, 1.82) is 0 Å². The number of benzene rings is 3. The van der Waals surface area contributed by atoms with Crippen LogP contribution in [0.25, 0.3) is 31.7 Å². The van der Waals surface area contributed by atoms with Crippen molar-refractivity contribution in [3.63, 3.8) is 0 Å². The normalized spacial score (nSPS) is 13.5. The van der Waals surface area contributed by atoms with Crippen molar-refractivity contribution < 1.29 is 37.9 Å². The van der Waals surface area contributed by atoms with Crippen LogP contribution in [0.2, 0.25) is 0 Å². The van der Waals surface area contributed by atoms with Gasteiger partial charge in [-0.1, -0.05) is 36.4 Å². The molecule has 3 aromatic carbocycles. The molecule has 5 aromatic rings. The number of rotatable bonds is 9. The average molecular weight is 650 g/mol. The summed E-state index contributed by atoms with van der Waals surface area (Å²) in [5, 5.41) is 26.8. The Labute approximate surface area is 263 Å². The first kappa shape index (κ1) is 32.4. The first-order chi connectivity index (χ1) is 21.6. The minimum absolute atomic E-state index is 0.0694. The summed E-state index contributed by atoms with van der Waals surface area (Å²) >= 11 is 1.18. The molecule has 0 saturated heterocycles. The van der Waals surface area contributed by atoms with E-state index in [9.17, 15) is 22.6 Å². The molecule has 0 bridgehead atoms. The van der Waals surface area contributed by atoms with Gasteiger partial charge in [-0.3, -0.25) is 24.0 Å². The van der Waals surface area contributed by atoms with Gasteiger partial charge in [0.1, 0.15) is 15.8 Å². The van der Waals surface area contributed by atoms with E-state index >= 15 is 0 Å². The molecule has 0 saturated carbocycles. The fraction of sp³-hybridized carbons (Fsp3) is 0.250. The molecule has 1 aliphatic carbocycles. The van der Waals surface area contributed by atoms with Crippen LogP contribution in [0.3, 0.4) is 0 Å². The first-order valence-corrected chi connectivity index (χ1v) is 16.3. The van der Waals surface area contributed by atoms with Crippen LogP contribution < -0.4 is 0 Å². The summed E-state index contributed by atoms with van der Waals surface area (Å²) in [6.45, 7) is 3.38. The van der Waals surface area contributed by atoms with Crippen molar-refractivity contribution in [1.82, 2.24) is 14.9 Å². The predicted molar refractivity (Wildman–Crippen MR) is 170 cm³/mol. The molecule has 6 rings (SSSR count). The lowest BCUT2D eigenvalue weighted by molar-refractivity contribution is 0.0888. The van der Waals surface area contributed by atoms with E-state index in [2.05, 4.69) is 9.97 Å². The number of fused-ring (bicyclic) bond motifs is 3. The molecular weight excluding hydrogens is 618 g/mol. The van der Waals surface area contributed by atoms with E-state index in [1.54, 1.807) is 60.4 Å². The van der Waals surface area contributed by atoms with Gasteiger partial charge in [0.2, 0.25) is 0 Å². The van der Waals surface area contributed by atoms with E-state index in [1.165, 1.54) is 11.3 Å². The highest BCUT2D eigenvalue weighted by Gasteiger charge is 2.40. The zero-order valence-electron chi connectivity index (χ0n) is 24.3. The van der Waals surface area contributed by atoms with Crippen molar-refractivity contribution in [2.24, 2.45) is 0 Å². The second-order valence-electron chi connectivity index (χ2n) is 10.4. The fourth-order valence-corrected chi connectivity index (χ4v) is 7.63. The summed E-state index contributed by atoms with van der Waals surface area (Å²) in [7, 11) is -4.40. The van der Waals surface area contributed by atoms with Gasteiger partial charge in [-0.2, -0.15) is 8.42 Å². The minimum Gasteiger partial charge on any atom is -0.395 e. The van der Waals surface area contributed by atoms with Gasteiger partial charge in [0, 0.05) is 41.7 Å². The van der Waals surface area contributed by atoms with E-state index in [0.717, 1.165) is 10.9 Å². The molecule has 0 spiro atoms. The summed E-state index contributed by atoms with van der Waals surface area (Å²) in [6.07, 6.45) is 0. The Bertz CT molecular complexity index is 1960. The number of Topliss-reactive ketones (excluding diaryl/α,β-unsaturated/α-hetero) is 2. The van der Waals surface area contributed by atoms with E-state index in [4.69, 9.17) is 15.3 Å². The number of ketones is 2. The third kappa shape index (κ3) is 6.70. The fourth-order valence-electron chi connectivity index (χ4n) is 5.32. The zero-order valence-corrected chi connectivity index (χ0v) is 25.9. The number of hydrogen-bond acceptors (Lipinski definition) is 11. The summed E-state index contributed by atoms with van der Waals surface area (Å²) < 4.78 is 33.9. The smallest absolute Gasteiger partial charge is 0.296 e. The lowest BCUT2D eigenvalue weighted by atomic mass is 9.98. The quantitative estimate of drug-likeness (QED) is 0.136. The largest absolute Gasteiger partial charge is 0.395 e. The summed E-state index contributed by atoms with van der Waals surface area (Å²) in [5.41, 5.74) is 3.57. The molecule has 234 valence electrons. The average Bonchev–Trinajstić information content (AvgIpc) is 3.55. The van der Waals surface area contributed by atoms with Crippen LogP contribution in [-0.4, -0.2) is 94.2 Å². The third-order valence-corrected chi connectivity index (χ3v) is 9.76. The van der Waals surface area contributed by atoms with Crippen LogP contribution in [0, 0.1) is 6.92 Å². The predicted octanol–water partition coefficient (Wildman–Crippen LogP) is 3.49. The van der Waals surface area contributed by atoms with Crippen LogP contribution >= 0.6 is 11.3 Å². The van der Waals surface area contributed by atoms with Crippen LogP contribution in [0.1, 0.15) is 37.9 Å². The molecule has 0 aliphatic heterocycles. The Balaban J connectivity index is 0.000000348. The number of carbonyl (C=O) groups excluding carboxylic acids is 2. The van der Waals surface area contributed by atoms with E-state index < -0.39 is 16.0 Å². The number of aryl methyl sites for hydroxylation is 1. The van der Waals surface area contributed by atoms with Crippen LogP contribution in [-0.2, 0) is 10.1 Å². The zero-order chi connectivity index (χ0) is 32.3. The van der Waals surface area contributed by atoms with Crippen LogP contribution in [0.5, 0.6) is 0 Å². The summed E-state index contributed by atoms with van der Waals surface area (Å²) in [4.78, 5) is 36.6. The highest BCUT2D eigenvalue weighted by Crippen LogP contribution is 2.37. The van der Waals surface area contributed by atoms with Gasteiger partial charge in [0.15, 0.2) is 11.6 Å². The lowest BCUT2D eigenvalue weighted by Crippen LogP contribution is -2.32. The number of aromatic nitrogens is 2. The third-order valence-electron chi connectivity index (χ3n) is 7.45. The SMILES string of the molecule is Cc1ccc2nc(-c3ccc4nc(C5C(=O)c6ccccc6C5=O)ccc4c3)sc2c1S(=O)(=O)O.OCCN(CCO)CCO. The highest BCUT2D eigenvalue weighted by molar-refractivity contribution is 7.86. The number of aliphatic hydroxyl groups excluding tert-OH is 3. The highest BCUT2D eigenvalue weighted by atomic mass is 32.2. The summed E-state index contributed by atoms with van der Waals surface area (Å²) in [6, 6.07) is 19.1. The van der Waals surface area contributed by atoms with Crippen molar-refractivity contribution in [3.8, 4) is 10.6 Å². The number of thiazole rings is 1. The molecule has 0 amide bonds. The number of aliphatic hydroxyl groups is 3. The molecular formula is C32H31N3O8S2. The van der Waals surface area contributed by atoms with Gasteiger partial charge in [0.25, 0.3) is 10.1 Å². The van der Waals surface area contributed by atoms with Gasteiger partial charge >= 0.3 is 0 Å². The van der Waals surface area contributed by atoms with Crippen molar-refractivity contribution in [2.45, 2.75) is 17.7 Å².